The van der Waals surface area contributed by atoms with Crippen molar-refractivity contribution in [2.45, 2.75) is 38.0 Å². The van der Waals surface area contributed by atoms with E-state index >= 15 is 0 Å². The number of carbonyl (C=O) groups is 1. The topological polar surface area (TPSA) is 41.6 Å². The Labute approximate surface area is 139 Å². The number of amides is 1. The molecule has 1 aromatic rings. The molecular formula is C16H18Cl2N2O2. The average molecular weight is 341 g/mol. The maximum absolute atomic E-state index is 11.9. The molecule has 1 saturated heterocycles. The van der Waals surface area contributed by atoms with Crippen molar-refractivity contribution in [2.75, 3.05) is 13.1 Å². The van der Waals surface area contributed by atoms with Gasteiger partial charge in [-0.25, -0.2) is 0 Å². The van der Waals surface area contributed by atoms with Gasteiger partial charge in [-0.05, 0) is 31.4 Å². The second kappa shape index (κ2) is 5.59. The zero-order chi connectivity index (χ0) is 15.3. The number of carbonyl (C=O) groups excluding carboxylic acids is 1. The quantitative estimate of drug-likeness (QED) is 0.919. The van der Waals surface area contributed by atoms with Crippen molar-refractivity contribution in [3.8, 4) is 5.75 Å². The summed E-state index contributed by atoms with van der Waals surface area (Å²) in [5.74, 6) is 1.24. The summed E-state index contributed by atoms with van der Waals surface area (Å²) < 4.78 is 6.01. The molecule has 2 fully saturated rings. The van der Waals surface area contributed by atoms with Gasteiger partial charge in [0.1, 0.15) is 5.75 Å². The van der Waals surface area contributed by atoms with Crippen LogP contribution < -0.4 is 10.1 Å². The number of hydrogen-bond donors (Lipinski definition) is 1. The van der Waals surface area contributed by atoms with E-state index in [2.05, 4.69) is 10.2 Å². The number of rotatable bonds is 3. The number of ether oxygens (including phenoxy) is 1. The molecule has 22 heavy (non-hydrogen) atoms. The lowest BCUT2D eigenvalue weighted by atomic mass is 10.1. The minimum Gasteiger partial charge on any atom is -0.473 e. The lowest BCUT2D eigenvalue weighted by Gasteiger charge is -2.23. The first kappa shape index (κ1) is 14.6. The van der Waals surface area contributed by atoms with Crippen LogP contribution in [-0.2, 0) is 11.2 Å². The van der Waals surface area contributed by atoms with Crippen molar-refractivity contribution in [3.63, 3.8) is 0 Å². The van der Waals surface area contributed by atoms with Gasteiger partial charge in [-0.2, -0.15) is 0 Å². The molecule has 1 unspecified atom stereocenters. The van der Waals surface area contributed by atoms with E-state index in [4.69, 9.17) is 27.9 Å². The Hall–Kier alpha value is -0.970. The van der Waals surface area contributed by atoms with Crippen molar-refractivity contribution in [1.29, 1.82) is 0 Å². The molecule has 0 aromatic heterocycles. The monoisotopic (exact) mass is 340 g/mol. The highest BCUT2D eigenvalue weighted by Crippen LogP contribution is 2.39. The van der Waals surface area contributed by atoms with Crippen molar-refractivity contribution in [1.82, 2.24) is 10.2 Å². The van der Waals surface area contributed by atoms with Gasteiger partial charge in [0.15, 0.2) is 6.23 Å². The van der Waals surface area contributed by atoms with E-state index in [-0.39, 0.29) is 24.1 Å². The van der Waals surface area contributed by atoms with Crippen LogP contribution in [-0.4, -0.2) is 36.2 Å². The third-order valence-electron chi connectivity index (χ3n) is 4.66. The molecule has 4 nitrogen and oxygen atoms in total. The van der Waals surface area contributed by atoms with E-state index in [0.717, 1.165) is 50.1 Å². The third-order valence-corrected chi connectivity index (χ3v) is 5.15. The molecule has 2 heterocycles. The van der Waals surface area contributed by atoms with Crippen molar-refractivity contribution in [3.05, 3.63) is 27.7 Å². The Morgan fingerprint density at radius 2 is 2.09 bits per heavy atom. The van der Waals surface area contributed by atoms with Crippen LogP contribution in [0.15, 0.2) is 12.1 Å². The predicted octanol–water partition coefficient (Wildman–Crippen LogP) is 2.85. The second-order valence-electron chi connectivity index (χ2n) is 6.42. The minimum absolute atomic E-state index is 0.00575. The van der Waals surface area contributed by atoms with Gasteiger partial charge in [-0.3, -0.25) is 9.69 Å². The van der Waals surface area contributed by atoms with Crippen LogP contribution >= 0.6 is 23.2 Å². The zero-order valence-corrected chi connectivity index (χ0v) is 13.7. The average Bonchev–Trinajstić information content (AvgIpc) is 3.07. The third kappa shape index (κ3) is 2.80. The fourth-order valence-corrected chi connectivity index (χ4v) is 3.88. The molecule has 1 aromatic carbocycles. The van der Waals surface area contributed by atoms with E-state index in [0.29, 0.717) is 10.0 Å². The molecule has 0 bridgehead atoms. The van der Waals surface area contributed by atoms with Crippen LogP contribution in [0, 0.1) is 5.92 Å². The first-order valence-electron chi connectivity index (χ1n) is 7.79. The van der Waals surface area contributed by atoms with Gasteiger partial charge in [0.2, 0.25) is 5.91 Å². The molecule has 1 N–H and O–H groups in total. The van der Waals surface area contributed by atoms with Crippen LogP contribution in [0.5, 0.6) is 5.75 Å². The number of halogens is 2. The van der Waals surface area contributed by atoms with Gasteiger partial charge in [0.25, 0.3) is 0 Å². The number of fused-ring (bicyclic) bond motifs is 1. The highest BCUT2D eigenvalue weighted by Gasteiger charge is 2.37. The largest absolute Gasteiger partial charge is 0.473 e. The van der Waals surface area contributed by atoms with Crippen LogP contribution in [0.3, 0.4) is 0 Å². The van der Waals surface area contributed by atoms with E-state index in [9.17, 15) is 4.79 Å². The first-order valence-corrected chi connectivity index (χ1v) is 8.55. The molecule has 1 aliphatic carbocycles. The fraction of sp³-hybridized carbons (Fsp3) is 0.562. The fourth-order valence-electron chi connectivity index (χ4n) is 3.30. The van der Waals surface area contributed by atoms with Crippen LogP contribution in [0.2, 0.25) is 10.0 Å². The zero-order valence-electron chi connectivity index (χ0n) is 12.1. The summed E-state index contributed by atoms with van der Waals surface area (Å²) in [5, 5.41) is 4.37. The first-order chi connectivity index (χ1) is 10.6. The van der Waals surface area contributed by atoms with E-state index in [1.807, 2.05) is 6.07 Å². The Morgan fingerprint density at radius 3 is 2.86 bits per heavy atom. The smallest absolute Gasteiger partial charge is 0.223 e. The number of hydrogen-bond acceptors (Lipinski definition) is 3. The summed E-state index contributed by atoms with van der Waals surface area (Å²) in [6.45, 7) is 1.77. The van der Waals surface area contributed by atoms with Gasteiger partial charge < -0.3 is 10.1 Å². The summed E-state index contributed by atoms with van der Waals surface area (Å²) in [4.78, 5) is 14.1. The molecule has 2 atom stereocenters. The lowest BCUT2D eigenvalue weighted by molar-refractivity contribution is -0.122. The highest BCUT2D eigenvalue weighted by molar-refractivity contribution is 6.35. The summed E-state index contributed by atoms with van der Waals surface area (Å²) in [7, 11) is 0. The normalized spacial score (nSPS) is 27.5. The summed E-state index contributed by atoms with van der Waals surface area (Å²) in [5.41, 5.74) is 1.06. The van der Waals surface area contributed by atoms with Crippen molar-refractivity contribution >= 4 is 29.1 Å². The van der Waals surface area contributed by atoms with Gasteiger partial charge in [-0.15, -0.1) is 0 Å². The number of benzene rings is 1. The van der Waals surface area contributed by atoms with E-state index in [1.54, 1.807) is 6.07 Å². The molecule has 0 radical (unpaired) electrons. The molecular weight excluding hydrogens is 323 g/mol. The molecule has 1 amide bonds. The molecule has 2 aliphatic heterocycles. The van der Waals surface area contributed by atoms with Crippen LogP contribution in [0.1, 0.15) is 24.8 Å². The second-order valence-corrected chi connectivity index (χ2v) is 7.26. The Balaban J connectivity index is 1.38. The Kier molecular flexibility index (Phi) is 3.71. The SMILES string of the molecule is O=C(N[C@H]1CCN(C2Cc3cc(Cl)cc(Cl)c3O2)C1)C1CC1. The van der Waals surface area contributed by atoms with Gasteiger partial charge in [0, 0.05) is 42.1 Å². The standard InChI is InChI=1S/C16H18Cl2N2O2/c17-11-5-10-6-14(22-15(10)13(18)7-11)20-4-3-12(8-20)19-16(21)9-1-2-9/h5,7,9,12,14H,1-4,6,8H2,(H,19,21)/t12-,14?/m0/s1. The van der Waals surface area contributed by atoms with Crippen LogP contribution in [0.25, 0.3) is 0 Å². The highest BCUT2D eigenvalue weighted by atomic mass is 35.5. The van der Waals surface area contributed by atoms with Crippen molar-refractivity contribution in [2.24, 2.45) is 5.92 Å². The number of nitrogens with zero attached hydrogens (tertiary/aromatic N) is 1. The lowest BCUT2D eigenvalue weighted by Crippen LogP contribution is -2.41. The minimum atomic E-state index is -0.00575. The van der Waals surface area contributed by atoms with E-state index < -0.39 is 0 Å². The summed E-state index contributed by atoms with van der Waals surface area (Å²) >= 11 is 12.3. The molecule has 6 heteroatoms. The molecule has 0 spiro atoms. The Bertz CT molecular complexity index is 618. The molecule has 1 saturated carbocycles. The van der Waals surface area contributed by atoms with Crippen molar-refractivity contribution < 1.29 is 9.53 Å². The summed E-state index contributed by atoms with van der Waals surface area (Å²) in [6, 6.07) is 3.87. The van der Waals surface area contributed by atoms with Gasteiger partial charge >= 0.3 is 0 Å². The summed E-state index contributed by atoms with van der Waals surface area (Å²) in [6.07, 6.45) is 3.85. The Morgan fingerprint density at radius 1 is 1.27 bits per heavy atom. The van der Waals surface area contributed by atoms with Crippen LogP contribution in [0.4, 0.5) is 0 Å². The molecule has 118 valence electrons. The van der Waals surface area contributed by atoms with E-state index in [1.165, 1.54) is 0 Å². The molecule has 3 aliphatic rings. The van der Waals surface area contributed by atoms with Gasteiger partial charge in [0.05, 0.1) is 5.02 Å². The maximum Gasteiger partial charge on any atom is 0.223 e. The number of likely N-dealkylation sites (tertiary alicyclic amines) is 1. The predicted molar refractivity (Wildman–Crippen MR) is 85.4 cm³/mol. The molecule has 4 rings (SSSR count). The number of nitrogens with one attached hydrogen (secondary N) is 1. The van der Waals surface area contributed by atoms with Gasteiger partial charge in [-0.1, -0.05) is 23.2 Å². The maximum atomic E-state index is 11.9.